The Balaban J connectivity index is 2.69. The van der Waals surface area contributed by atoms with Crippen LogP contribution in [0.4, 0.5) is 4.79 Å². The summed E-state index contributed by atoms with van der Waals surface area (Å²) in [4.78, 5) is 27.2. The van der Waals surface area contributed by atoms with Crippen molar-refractivity contribution in [3.8, 4) is 0 Å². The minimum atomic E-state index is -0.976. The van der Waals surface area contributed by atoms with E-state index in [4.69, 9.17) is 5.11 Å². The molecule has 1 aliphatic rings. The lowest BCUT2D eigenvalue weighted by Crippen LogP contribution is -2.52. The molecule has 0 saturated carbocycles. The highest BCUT2D eigenvalue weighted by Gasteiger charge is 2.28. The SMILES string of the molecule is CCC(NC(=O)N1CCCN(C)CC1CC)C(=O)O. The normalized spacial score (nSPS) is 22.7. The predicted molar refractivity (Wildman–Crippen MR) is 73.1 cm³/mol. The Kier molecular flexibility index (Phi) is 6.08. The van der Waals surface area contributed by atoms with Crippen LogP contribution in [0.25, 0.3) is 0 Å². The van der Waals surface area contributed by atoms with Gasteiger partial charge in [0.15, 0.2) is 0 Å². The van der Waals surface area contributed by atoms with E-state index in [0.29, 0.717) is 13.0 Å². The molecule has 2 unspecified atom stereocenters. The number of carbonyl (C=O) groups is 2. The Morgan fingerprint density at radius 1 is 1.37 bits per heavy atom. The number of likely N-dealkylation sites (N-methyl/N-ethyl adjacent to an activating group) is 1. The maximum atomic E-state index is 12.2. The number of amides is 2. The Labute approximate surface area is 114 Å². The second-order valence-corrected chi connectivity index (χ2v) is 5.12. The molecule has 2 amide bonds. The van der Waals surface area contributed by atoms with Crippen molar-refractivity contribution in [2.45, 2.75) is 45.2 Å². The maximum Gasteiger partial charge on any atom is 0.326 e. The average Bonchev–Trinajstić information content (AvgIpc) is 2.56. The number of hydrogen-bond donors (Lipinski definition) is 2. The summed E-state index contributed by atoms with van der Waals surface area (Å²) in [6, 6.07) is -0.902. The number of carboxylic acids is 1. The van der Waals surface area contributed by atoms with Gasteiger partial charge < -0.3 is 20.2 Å². The number of nitrogens with one attached hydrogen (secondary N) is 1. The Morgan fingerprint density at radius 2 is 2.05 bits per heavy atom. The van der Waals surface area contributed by atoms with Crippen LogP contribution in [0.1, 0.15) is 33.1 Å². The minimum absolute atomic E-state index is 0.152. The zero-order valence-corrected chi connectivity index (χ0v) is 12.1. The lowest BCUT2D eigenvalue weighted by molar-refractivity contribution is -0.139. The summed E-state index contributed by atoms with van der Waals surface area (Å²) < 4.78 is 0. The molecule has 0 aromatic rings. The quantitative estimate of drug-likeness (QED) is 0.799. The highest BCUT2D eigenvalue weighted by molar-refractivity contribution is 5.82. The van der Waals surface area contributed by atoms with Gasteiger partial charge in [0.05, 0.1) is 0 Å². The Morgan fingerprint density at radius 3 is 2.58 bits per heavy atom. The molecule has 0 aromatic carbocycles. The third-order valence-corrected chi connectivity index (χ3v) is 3.64. The standard InChI is InChI=1S/C13H25N3O3/c1-4-10-9-15(3)7-6-8-16(10)13(19)14-11(5-2)12(17)18/h10-11H,4-9H2,1-3H3,(H,14,19)(H,17,18). The van der Waals surface area contributed by atoms with Crippen LogP contribution in [0, 0.1) is 0 Å². The van der Waals surface area contributed by atoms with Gasteiger partial charge in [0.25, 0.3) is 0 Å². The zero-order chi connectivity index (χ0) is 14.4. The molecule has 0 aliphatic carbocycles. The van der Waals surface area contributed by atoms with Gasteiger partial charge in [-0.3, -0.25) is 0 Å². The third kappa shape index (κ3) is 4.38. The number of hydrogen-bond acceptors (Lipinski definition) is 3. The molecular formula is C13H25N3O3. The highest BCUT2D eigenvalue weighted by Crippen LogP contribution is 2.12. The van der Waals surface area contributed by atoms with Gasteiger partial charge in [-0.2, -0.15) is 0 Å². The van der Waals surface area contributed by atoms with E-state index in [1.54, 1.807) is 11.8 Å². The van der Waals surface area contributed by atoms with Crippen molar-refractivity contribution in [1.29, 1.82) is 0 Å². The summed E-state index contributed by atoms with van der Waals surface area (Å²) in [6.45, 7) is 6.31. The lowest BCUT2D eigenvalue weighted by Gasteiger charge is -2.31. The van der Waals surface area contributed by atoms with Crippen molar-refractivity contribution < 1.29 is 14.7 Å². The van der Waals surface area contributed by atoms with Crippen LogP contribution < -0.4 is 5.32 Å². The summed E-state index contributed by atoms with van der Waals surface area (Å²) >= 11 is 0. The number of carboxylic acid groups (broad SMARTS) is 1. The van der Waals surface area contributed by atoms with Gasteiger partial charge in [0, 0.05) is 19.1 Å². The summed E-state index contributed by atoms with van der Waals surface area (Å²) in [5.41, 5.74) is 0. The average molecular weight is 271 g/mol. The molecule has 1 fully saturated rings. The number of aliphatic carboxylic acids is 1. The van der Waals surface area contributed by atoms with Crippen molar-refractivity contribution in [3.63, 3.8) is 0 Å². The predicted octanol–water partition coefficient (Wildman–Crippen LogP) is 0.975. The number of nitrogens with zero attached hydrogens (tertiary/aromatic N) is 2. The summed E-state index contributed by atoms with van der Waals surface area (Å²) in [6.07, 6.45) is 2.19. The molecule has 2 atom stereocenters. The Hall–Kier alpha value is -1.30. The second-order valence-electron chi connectivity index (χ2n) is 5.12. The van der Waals surface area contributed by atoms with Gasteiger partial charge in [-0.05, 0) is 32.9 Å². The molecular weight excluding hydrogens is 246 g/mol. The van der Waals surface area contributed by atoms with E-state index in [-0.39, 0.29) is 12.1 Å². The summed E-state index contributed by atoms with van der Waals surface area (Å²) in [5, 5.41) is 11.6. The molecule has 1 heterocycles. The first kappa shape index (κ1) is 15.8. The lowest BCUT2D eigenvalue weighted by atomic mass is 10.2. The van der Waals surface area contributed by atoms with E-state index >= 15 is 0 Å². The first-order valence-corrected chi connectivity index (χ1v) is 6.98. The van der Waals surface area contributed by atoms with Crippen LogP contribution in [0.2, 0.25) is 0 Å². The van der Waals surface area contributed by atoms with Gasteiger partial charge in [-0.1, -0.05) is 13.8 Å². The van der Waals surface area contributed by atoms with Crippen LogP contribution in [0.15, 0.2) is 0 Å². The van der Waals surface area contributed by atoms with Gasteiger partial charge in [0.1, 0.15) is 6.04 Å². The Bertz CT molecular complexity index is 322. The highest BCUT2D eigenvalue weighted by atomic mass is 16.4. The molecule has 110 valence electrons. The molecule has 19 heavy (non-hydrogen) atoms. The third-order valence-electron chi connectivity index (χ3n) is 3.64. The zero-order valence-electron chi connectivity index (χ0n) is 12.1. The fourth-order valence-corrected chi connectivity index (χ4v) is 2.43. The smallest absolute Gasteiger partial charge is 0.326 e. The van der Waals surface area contributed by atoms with Gasteiger partial charge >= 0.3 is 12.0 Å². The van der Waals surface area contributed by atoms with Crippen LogP contribution in [-0.2, 0) is 4.79 Å². The maximum absolute atomic E-state index is 12.2. The van der Waals surface area contributed by atoms with Crippen LogP contribution in [-0.4, -0.2) is 65.7 Å². The topological polar surface area (TPSA) is 72.9 Å². The molecule has 2 N–H and O–H groups in total. The van der Waals surface area contributed by atoms with Crippen molar-refractivity contribution in [2.24, 2.45) is 0 Å². The molecule has 1 aliphatic heterocycles. The molecule has 0 spiro atoms. The summed E-state index contributed by atoms with van der Waals surface area (Å²) in [7, 11) is 2.05. The largest absolute Gasteiger partial charge is 0.480 e. The van der Waals surface area contributed by atoms with Gasteiger partial charge in [-0.15, -0.1) is 0 Å². The first-order chi connectivity index (χ1) is 8.99. The number of urea groups is 1. The van der Waals surface area contributed by atoms with Crippen molar-refractivity contribution in [3.05, 3.63) is 0 Å². The molecule has 0 bridgehead atoms. The van der Waals surface area contributed by atoms with E-state index in [1.807, 2.05) is 0 Å². The molecule has 6 heteroatoms. The molecule has 6 nitrogen and oxygen atoms in total. The molecule has 1 saturated heterocycles. The number of rotatable bonds is 4. The van der Waals surface area contributed by atoms with Gasteiger partial charge in [0.2, 0.25) is 0 Å². The van der Waals surface area contributed by atoms with Crippen molar-refractivity contribution in [1.82, 2.24) is 15.1 Å². The van der Waals surface area contributed by atoms with E-state index in [2.05, 4.69) is 24.2 Å². The van der Waals surface area contributed by atoms with E-state index < -0.39 is 12.0 Å². The first-order valence-electron chi connectivity index (χ1n) is 6.98. The van der Waals surface area contributed by atoms with Crippen LogP contribution >= 0.6 is 0 Å². The molecule has 1 rings (SSSR count). The van der Waals surface area contributed by atoms with Crippen molar-refractivity contribution in [2.75, 3.05) is 26.7 Å². The van der Waals surface area contributed by atoms with Crippen LogP contribution in [0.5, 0.6) is 0 Å². The van der Waals surface area contributed by atoms with E-state index in [9.17, 15) is 9.59 Å². The van der Waals surface area contributed by atoms with Gasteiger partial charge in [-0.25, -0.2) is 9.59 Å². The molecule has 0 radical (unpaired) electrons. The molecule has 0 aromatic heterocycles. The van der Waals surface area contributed by atoms with Crippen LogP contribution in [0.3, 0.4) is 0 Å². The minimum Gasteiger partial charge on any atom is -0.480 e. The second kappa shape index (κ2) is 7.33. The van der Waals surface area contributed by atoms with E-state index in [1.165, 1.54) is 0 Å². The fraction of sp³-hybridized carbons (Fsp3) is 0.846. The summed E-state index contributed by atoms with van der Waals surface area (Å²) in [5.74, 6) is -0.976. The van der Waals surface area contributed by atoms with Crippen molar-refractivity contribution >= 4 is 12.0 Å². The fourth-order valence-electron chi connectivity index (χ4n) is 2.43. The van der Waals surface area contributed by atoms with E-state index in [0.717, 1.165) is 25.9 Å². The monoisotopic (exact) mass is 271 g/mol. The number of carbonyl (C=O) groups excluding carboxylic acids is 1.